The smallest absolute Gasteiger partial charge is 0.356 e. The maximum Gasteiger partial charge on any atom is 0.356 e. The van der Waals surface area contributed by atoms with Crippen LogP contribution in [0, 0.1) is 0 Å². The zero-order valence-electron chi connectivity index (χ0n) is 17.3. The third kappa shape index (κ3) is 6.40. The number of hydrogen-bond donors (Lipinski definition) is 3. The molecule has 158 valence electrons. The number of benzene rings is 1. The fourth-order valence-electron chi connectivity index (χ4n) is 3.01. The van der Waals surface area contributed by atoms with Gasteiger partial charge >= 0.3 is 5.97 Å². The Bertz CT molecular complexity index is 926. The second-order valence-corrected chi connectivity index (χ2v) is 6.80. The summed E-state index contributed by atoms with van der Waals surface area (Å²) in [4.78, 5) is 23.5. The van der Waals surface area contributed by atoms with Gasteiger partial charge in [-0.2, -0.15) is 0 Å². The highest BCUT2D eigenvalue weighted by Gasteiger charge is 2.11. The average Bonchev–Trinajstić information content (AvgIpc) is 3.30. The first-order valence-corrected chi connectivity index (χ1v) is 9.77. The van der Waals surface area contributed by atoms with Crippen LogP contribution in [0.5, 0.6) is 5.75 Å². The van der Waals surface area contributed by atoms with Crippen molar-refractivity contribution < 1.29 is 14.3 Å². The number of hydrogen-bond acceptors (Lipinski definition) is 7. The van der Waals surface area contributed by atoms with Gasteiger partial charge in [0.2, 0.25) is 0 Å². The Labute approximate surface area is 176 Å². The van der Waals surface area contributed by atoms with Crippen molar-refractivity contribution in [3.63, 3.8) is 0 Å². The van der Waals surface area contributed by atoms with Crippen molar-refractivity contribution in [3.05, 3.63) is 77.1 Å². The van der Waals surface area contributed by atoms with E-state index in [4.69, 9.17) is 9.47 Å². The van der Waals surface area contributed by atoms with Gasteiger partial charge in [-0.05, 0) is 35.4 Å². The lowest BCUT2D eigenvalue weighted by atomic mass is 10.1. The van der Waals surface area contributed by atoms with Crippen molar-refractivity contribution in [2.24, 2.45) is 0 Å². The van der Waals surface area contributed by atoms with E-state index < -0.39 is 5.97 Å². The minimum atomic E-state index is -0.439. The lowest BCUT2D eigenvalue weighted by Crippen LogP contribution is -2.20. The van der Waals surface area contributed by atoms with E-state index >= 15 is 0 Å². The molecule has 0 bridgehead atoms. The van der Waals surface area contributed by atoms with Gasteiger partial charge in [0, 0.05) is 44.5 Å². The summed E-state index contributed by atoms with van der Waals surface area (Å²) < 4.78 is 10.0. The molecule has 0 atom stereocenters. The SMILES string of the molecule is COC(=O)c1cc(CNCc2ccc(OC)cc2)cc(CNCCc2cnc[nH]2)n1. The van der Waals surface area contributed by atoms with Crippen LogP contribution in [0.2, 0.25) is 0 Å². The largest absolute Gasteiger partial charge is 0.497 e. The number of nitrogens with one attached hydrogen (secondary N) is 3. The summed E-state index contributed by atoms with van der Waals surface area (Å²) in [6, 6.07) is 11.7. The zero-order chi connectivity index (χ0) is 21.2. The van der Waals surface area contributed by atoms with Crippen molar-refractivity contribution in [3.8, 4) is 5.75 Å². The molecule has 0 fully saturated rings. The van der Waals surface area contributed by atoms with Crippen molar-refractivity contribution >= 4 is 5.97 Å². The van der Waals surface area contributed by atoms with Crippen LogP contribution in [0.25, 0.3) is 0 Å². The number of rotatable bonds is 11. The molecule has 30 heavy (non-hydrogen) atoms. The third-order valence-electron chi connectivity index (χ3n) is 4.58. The third-order valence-corrected chi connectivity index (χ3v) is 4.58. The topological polar surface area (TPSA) is 101 Å². The van der Waals surface area contributed by atoms with E-state index in [1.54, 1.807) is 19.5 Å². The van der Waals surface area contributed by atoms with Gasteiger partial charge in [-0.1, -0.05) is 12.1 Å². The summed E-state index contributed by atoms with van der Waals surface area (Å²) in [6.45, 7) is 2.65. The second kappa shape index (κ2) is 11.1. The predicted octanol–water partition coefficient (Wildman–Crippen LogP) is 2.22. The fraction of sp³-hybridized carbons (Fsp3) is 0.318. The van der Waals surface area contributed by atoms with E-state index in [1.165, 1.54) is 7.11 Å². The van der Waals surface area contributed by atoms with Gasteiger partial charge in [0.25, 0.3) is 0 Å². The number of imidazole rings is 1. The number of H-pyrrole nitrogens is 1. The highest BCUT2D eigenvalue weighted by Crippen LogP contribution is 2.12. The molecule has 8 nitrogen and oxygen atoms in total. The van der Waals surface area contributed by atoms with E-state index in [9.17, 15) is 4.79 Å². The Kier molecular flexibility index (Phi) is 7.94. The number of aromatic nitrogens is 3. The van der Waals surface area contributed by atoms with Crippen LogP contribution < -0.4 is 15.4 Å². The Morgan fingerprint density at radius 3 is 2.53 bits per heavy atom. The Morgan fingerprint density at radius 1 is 1.03 bits per heavy atom. The number of pyridine rings is 1. The monoisotopic (exact) mass is 409 g/mol. The lowest BCUT2D eigenvalue weighted by molar-refractivity contribution is 0.0593. The number of nitrogens with zero attached hydrogens (tertiary/aromatic N) is 2. The maximum atomic E-state index is 12.0. The standard InChI is InChI=1S/C22H27N5O3/c1-29-20-5-3-16(4-6-20)11-24-12-17-9-19(27-21(10-17)22(28)30-2)14-23-8-7-18-13-25-15-26-18/h3-6,9-10,13,15,23-24H,7-8,11-12,14H2,1-2H3,(H,25,26). The van der Waals surface area contributed by atoms with Gasteiger partial charge in [-0.15, -0.1) is 0 Å². The molecule has 0 aliphatic heterocycles. The number of carbonyl (C=O) groups is 1. The first-order chi connectivity index (χ1) is 14.7. The van der Waals surface area contributed by atoms with Crippen molar-refractivity contribution in [2.45, 2.75) is 26.1 Å². The Balaban J connectivity index is 1.57. The van der Waals surface area contributed by atoms with Crippen LogP contribution in [-0.2, 0) is 30.8 Å². The summed E-state index contributed by atoms with van der Waals surface area (Å²) >= 11 is 0. The number of methoxy groups -OCH3 is 2. The zero-order valence-corrected chi connectivity index (χ0v) is 17.3. The molecule has 2 aromatic heterocycles. The number of aromatic amines is 1. The number of ether oxygens (including phenoxy) is 2. The highest BCUT2D eigenvalue weighted by atomic mass is 16.5. The molecule has 0 aliphatic rings. The molecule has 8 heteroatoms. The second-order valence-electron chi connectivity index (χ2n) is 6.80. The molecule has 0 aliphatic carbocycles. The van der Waals surface area contributed by atoms with Gasteiger partial charge in [0.05, 0.1) is 26.2 Å². The summed E-state index contributed by atoms with van der Waals surface area (Å²) in [5.74, 6) is 0.394. The van der Waals surface area contributed by atoms with Crippen LogP contribution in [0.15, 0.2) is 48.9 Å². The van der Waals surface area contributed by atoms with Gasteiger partial charge in [0.15, 0.2) is 0 Å². The Hall–Kier alpha value is -3.23. The van der Waals surface area contributed by atoms with Gasteiger partial charge in [-0.3, -0.25) is 0 Å². The molecule has 3 rings (SSSR count). The summed E-state index contributed by atoms with van der Waals surface area (Å²) in [5, 5.41) is 6.75. The van der Waals surface area contributed by atoms with Crippen molar-refractivity contribution in [2.75, 3.05) is 20.8 Å². The average molecular weight is 409 g/mol. The molecule has 0 saturated heterocycles. The van der Waals surface area contributed by atoms with E-state index in [-0.39, 0.29) is 0 Å². The maximum absolute atomic E-state index is 12.0. The van der Waals surface area contributed by atoms with Gasteiger partial charge in [-0.25, -0.2) is 14.8 Å². The molecular weight excluding hydrogens is 382 g/mol. The summed E-state index contributed by atoms with van der Waals surface area (Å²) in [5.41, 5.74) is 4.31. The van der Waals surface area contributed by atoms with E-state index in [0.29, 0.717) is 25.3 Å². The van der Waals surface area contributed by atoms with Crippen LogP contribution >= 0.6 is 0 Å². The van der Waals surface area contributed by atoms with Gasteiger partial charge in [0.1, 0.15) is 11.4 Å². The molecule has 0 saturated carbocycles. The molecule has 3 aromatic rings. The quantitative estimate of drug-likeness (QED) is 0.330. The van der Waals surface area contributed by atoms with Crippen LogP contribution in [0.3, 0.4) is 0 Å². The molecule has 0 amide bonds. The van der Waals surface area contributed by atoms with Crippen molar-refractivity contribution in [1.82, 2.24) is 25.6 Å². The molecular formula is C22H27N5O3. The van der Waals surface area contributed by atoms with Gasteiger partial charge < -0.3 is 25.1 Å². The summed E-state index contributed by atoms with van der Waals surface area (Å²) in [6.07, 6.45) is 4.32. The van der Waals surface area contributed by atoms with Crippen LogP contribution in [-0.4, -0.2) is 41.7 Å². The molecule has 2 heterocycles. The highest BCUT2D eigenvalue weighted by molar-refractivity contribution is 5.87. The minimum absolute atomic E-state index is 0.312. The molecule has 0 spiro atoms. The van der Waals surface area contributed by atoms with Crippen molar-refractivity contribution in [1.29, 1.82) is 0 Å². The summed E-state index contributed by atoms with van der Waals surface area (Å²) in [7, 11) is 3.01. The minimum Gasteiger partial charge on any atom is -0.497 e. The molecule has 3 N–H and O–H groups in total. The molecule has 1 aromatic carbocycles. The van der Waals surface area contributed by atoms with E-state index in [1.807, 2.05) is 36.5 Å². The van der Waals surface area contributed by atoms with Crippen LogP contribution in [0.1, 0.15) is 33.0 Å². The molecule has 0 unspecified atom stereocenters. The first kappa shape index (κ1) is 21.5. The molecule has 0 radical (unpaired) electrons. The normalized spacial score (nSPS) is 10.7. The van der Waals surface area contributed by atoms with E-state index in [0.717, 1.165) is 41.2 Å². The first-order valence-electron chi connectivity index (χ1n) is 9.77. The Morgan fingerprint density at radius 2 is 1.83 bits per heavy atom. The van der Waals surface area contributed by atoms with E-state index in [2.05, 4.69) is 25.6 Å². The lowest BCUT2D eigenvalue weighted by Gasteiger charge is -2.10. The van der Waals surface area contributed by atoms with Crippen LogP contribution in [0.4, 0.5) is 0 Å². The number of carbonyl (C=O) groups excluding carboxylic acids is 1. The fourth-order valence-corrected chi connectivity index (χ4v) is 3.01. The predicted molar refractivity (Wildman–Crippen MR) is 113 cm³/mol. The number of esters is 1.